The van der Waals surface area contributed by atoms with E-state index in [2.05, 4.69) is 20.7 Å². The Kier molecular flexibility index (Phi) is 6.54. The van der Waals surface area contributed by atoms with Crippen molar-refractivity contribution in [3.05, 3.63) is 29.7 Å². The number of alkyl halides is 4. The number of aromatic nitrogens is 3. The van der Waals surface area contributed by atoms with Crippen molar-refractivity contribution in [3.8, 4) is 11.3 Å². The van der Waals surface area contributed by atoms with Gasteiger partial charge in [-0.1, -0.05) is 11.6 Å². The van der Waals surface area contributed by atoms with E-state index in [1.54, 1.807) is 6.07 Å². The predicted molar refractivity (Wildman–Crippen MR) is 95.4 cm³/mol. The van der Waals surface area contributed by atoms with E-state index in [4.69, 9.17) is 11.6 Å². The minimum absolute atomic E-state index is 0.00375. The first kappa shape index (κ1) is 19.9. The molecular weight excluding hydrogens is 386 g/mol. The number of anilines is 1. The van der Waals surface area contributed by atoms with Gasteiger partial charge < -0.3 is 10.6 Å². The Balaban J connectivity index is 1.74. The smallest absolute Gasteiger partial charge is 0.333 e. The Bertz CT molecular complexity index is 755. The molecule has 3 rings (SSSR count). The topological polar surface area (TPSA) is 54.8 Å². The van der Waals surface area contributed by atoms with Crippen molar-refractivity contribution < 1.29 is 17.6 Å². The molecule has 1 saturated carbocycles. The van der Waals surface area contributed by atoms with Gasteiger partial charge in [-0.3, -0.25) is 0 Å². The van der Waals surface area contributed by atoms with Crippen molar-refractivity contribution in [3.63, 3.8) is 0 Å². The van der Waals surface area contributed by atoms with Gasteiger partial charge >= 0.3 is 6.55 Å². The first-order valence-corrected chi connectivity index (χ1v) is 9.07. The number of nitrogens with zero attached hydrogens (tertiary/aromatic N) is 3. The van der Waals surface area contributed by atoms with Crippen molar-refractivity contribution in [2.45, 2.75) is 50.7 Å². The lowest BCUT2D eigenvalue weighted by Crippen LogP contribution is -2.40. The fourth-order valence-corrected chi connectivity index (χ4v) is 3.48. The summed E-state index contributed by atoms with van der Waals surface area (Å²) in [5, 5.41) is 10.4. The van der Waals surface area contributed by atoms with E-state index >= 15 is 0 Å². The summed E-state index contributed by atoms with van der Waals surface area (Å²) < 4.78 is 51.0. The lowest BCUT2D eigenvalue weighted by molar-refractivity contribution is 0.0568. The van der Waals surface area contributed by atoms with Gasteiger partial charge in [0, 0.05) is 35.7 Å². The zero-order valence-electron chi connectivity index (χ0n) is 14.4. The minimum atomic E-state index is -2.73. The van der Waals surface area contributed by atoms with Gasteiger partial charge in [0.25, 0.3) is 6.43 Å². The highest BCUT2D eigenvalue weighted by atomic mass is 35.5. The van der Waals surface area contributed by atoms with Crippen molar-refractivity contribution >= 4 is 17.3 Å². The molecule has 10 heteroatoms. The number of halogens is 5. The first-order valence-electron chi connectivity index (χ1n) is 8.69. The van der Waals surface area contributed by atoms with Crippen LogP contribution in [0.4, 0.5) is 23.2 Å². The molecule has 2 N–H and O–H groups in total. The molecule has 1 fully saturated rings. The van der Waals surface area contributed by atoms with Crippen LogP contribution < -0.4 is 10.6 Å². The summed E-state index contributed by atoms with van der Waals surface area (Å²) in [6.45, 7) is -3.05. The lowest BCUT2D eigenvalue weighted by atomic mass is 9.90. The second kappa shape index (κ2) is 8.88. The molecule has 0 saturated heterocycles. The number of rotatable bonds is 7. The Morgan fingerprint density at radius 3 is 2.70 bits per heavy atom. The molecule has 5 nitrogen and oxygen atoms in total. The van der Waals surface area contributed by atoms with Crippen LogP contribution in [0, 0.1) is 0 Å². The molecule has 2 aromatic heterocycles. The van der Waals surface area contributed by atoms with E-state index in [1.165, 1.54) is 18.5 Å². The zero-order chi connectivity index (χ0) is 19.4. The maximum Gasteiger partial charge on any atom is 0.333 e. The molecule has 2 aromatic rings. The SMILES string of the molecule is FC(F)CNC1CCCC(Nc2cc(Cl)ncc2-c2ccn(C(F)F)n2)C1. The summed E-state index contributed by atoms with van der Waals surface area (Å²) in [7, 11) is 0. The second-order valence-corrected chi connectivity index (χ2v) is 6.90. The molecule has 2 atom stereocenters. The minimum Gasteiger partial charge on any atom is -0.382 e. The maximum absolute atomic E-state index is 12.8. The second-order valence-electron chi connectivity index (χ2n) is 6.52. The van der Waals surface area contributed by atoms with E-state index in [1.807, 2.05) is 0 Å². The summed E-state index contributed by atoms with van der Waals surface area (Å²) in [5.74, 6) is 0. The van der Waals surface area contributed by atoms with Gasteiger partial charge in [0.05, 0.1) is 12.2 Å². The van der Waals surface area contributed by atoms with Gasteiger partial charge in [-0.15, -0.1) is 0 Å². The highest BCUT2D eigenvalue weighted by Crippen LogP contribution is 2.31. The average Bonchev–Trinajstić information content (AvgIpc) is 3.11. The van der Waals surface area contributed by atoms with E-state index in [-0.39, 0.29) is 23.8 Å². The molecule has 2 heterocycles. The molecule has 1 aliphatic carbocycles. The summed E-state index contributed by atoms with van der Waals surface area (Å²) in [5.41, 5.74) is 1.54. The average molecular weight is 406 g/mol. The third-order valence-electron chi connectivity index (χ3n) is 4.55. The van der Waals surface area contributed by atoms with Crippen molar-refractivity contribution in [2.24, 2.45) is 0 Å². The fraction of sp³-hybridized carbons (Fsp3) is 0.529. The molecule has 0 spiro atoms. The Hall–Kier alpha value is -1.87. The van der Waals surface area contributed by atoms with Crippen LogP contribution in [0.15, 0.2) is 24.5 Å². The number of hydrogen-bond acceptors (Lipinski definition) is 4. The number of hydrogen-bond donors (Lipinski definition) is 2. The summed E-state index contributed by atoms with van der Waals surface area (Å²) in [4.78, 5) is 4.02. The van der Waals surface area contributed by atoms with E-state index in [0.717, 1.165) is 19.3 Å². The molecule has 27 heavy (non-hydrogen) atoms. The lowest BCUT2D eigenvalue weighted by Gasteiger charge is -2.31. The standard InChI is InChI=1S/C17H20ClF4N5/c18-15-7-14(12(8-24-15)13-4-5-27(26-13)17(21)22)25-11-3-1-2-10(6-11)23-9-16(19)20/h4-5,7-8,10-11,16-17,23H,1-3,6,9H2,(H,24,25). The molecule has 0 radical (unpaired) electrons. The van der Waals surface area contributed by atoms with Crippen LogP contribution in [0.1, 0.15) is 32.2 Å². The quantitative estimate of drug-likeness (QED) is 0.523. The van der Waals surface area contributed by atoms with Crippen LogP contribution in [0.5, 0.6) is 0 Å². The summed E-state index contributed by atoms with van der Waals surface area (Å²) in [6, 6.07) is 3.15. The predicted octanol–water partition coefficient (Wildman–Crippen LogP) is 4.57. The maximum atomic E-state index is 12.8. The Morgan fingerprint density at radius 1 is 1.22 bits per heavy atom. The highest BCUT2D eigenvalue weighted by molar-refractivity contribution is 6.29. The molecular formula is C17H20ClF4N5. The van der Waals surface area contributed by atoms with Gasteiger partial charge in [0.2, 0.25) is 0 Å². The molecule has 0 aliphatic heterocycles. The van der Waals surface area contributed by atoms with E-state index < -0.39 is 13.0 Å². The van der Waals surface area contributed by atoms with E-state index in [9.17, 15) is 17.6 Å². The van der Waals surface area contributed by atoms with Crippen LogP contribution in [0.3, 0.4) is 0 Å². The third-order valence-corrected chi connectivity index (χ3v) is 4.76. The van der Waals surface area contributed by atoms with Gasteiger partial charge in [0.15, 0.2) is 0 Å². The monoisotopic (exact) mass is 405 g/mol. The zero-order valence-corrected chi connectivity index (χ0v) is 15.1. The van der Waals surface area contributed by atoms with Crippen LogP contribution >= 0.6 is 11.6 Å². The van der Waals surface area contributed by atoms with Gasteiger partial charge in [-0.05, 0) is 37.8 Å². The largest absolute Gasteiger partial charge is 0.382 e. The fourth-order valence-electron chi connectivity index (χ4n) is 3.33. The van der Waals surface area contributed by atoms with Gasteiger partial charge in [0.1, 0.15) is 5.15 Å². The molecule has 1 aliphatic rings. The third kappa shape index (κ3) is 5.32. The number of pyridine rings is 1. The molecule has 0 amide bonds. The first-order chi connectivity index (χ1) is 12.9. The molecule has 0 bridgehead atoms. The Morgan fingerprint density at radius 2 is 2.00 bits per heavy atom. The van der Waals surface area contributed by atoms with Crippen molar-refractivity contribution in [1.29, 1.82) is 0 Å². The summed E-state index contributed by atoms with van der Waals surface area (Å²) >= 11 is 6.00. The van der Waals surface area contributed by atoms with Gasteiger partial charge in [-0.25, -0.2) is 18.4 Å². The van der Waals surface area contributed by atoms with Crippen molar-refractivity contribution in [1.82, 2.24) is 20.1 Å². The normalized spacial score (nSPS) is 20.4. The molecule has 0 aromatic carbocycles. The molecule has 148 valence electrons. The van der Waals surface area contributed by atoms with Gasteiger partial charge in [-0.2, -0.15) is 13.9 Å². The Labute approximate surface area is 159 Å². The molecule has 2 unspecified atom stereocenters. The van der Waals surface area contributed by atoms with Crippen LogP contribution in [-0.4, -0.2) is 39.8 Å². The van der Waals surface area contributed by atoms with Crippen LogP contribution in [0.2, 0.25) is 5.15 Å². The van der Waals surface area contributed by atoms with Crippen molar-refractivity contribution in [2.75, 3.05) is 11.9 Å². The van der Waals surface area contributed by atoms with Crippen LogP contribution in [-0.2, 0) is 0 Å². The number of nitrogens with one attached hydrogen (secondary N) is 2. The van der Waals surface area contributed by atoms with E-state index in [0.29, 0.717) is 28.0 Å². The summed E-state index contributed by atoms with van der Waals surface area (Å²) in [6.07, 6.45) is 3.59. The highest BCUT2D eigenvalue weighted by Gasteiger charge is 2.24. The van der Waals surface area contributed by atoms with Crippen LogP contribution in [0.25, 0.3) is 11.3 Å².